The van der Waals surface area contributed by atoms with Gasteiger partial charge in [0.15, 0.2) is 4.96 Å². The van der Waals surface area contributed by atoms with E-state index < -0.39 is 5.97 Å². The SMILES string of the molecule is CCOC(=O)c1sc2nc(=O)c3cc(Cl)ccc3n2c1C. The molecule has 0 spiro atoms. The lowest BCUT2D eigenvalue weighted by atomic mass is 10.2. The van der Waals surface area contributed by atoms with Crippen molar-refractivity contribution in [1.82, 2.24) is 9.38 Å². The van der Waals surface area contributed by atoms with Crippen LogP contribution in [0, 0.1) is 6.92 Å². The van der Waals surface area contributed by atoms with Gasteiger partial charge in [0.05, 0.1) is 17.5 Å². The second-order valence-electron chi connectivity index (χ2n) is 4.43. The molecular weight excluding hydrogens is 312 g/mol. The van der Waals surface area contributed by atoms with Crippen LogP contribution in [0.15, 0.2) is 23.0 Å². The van der Waals surface area contributed by atoms with Crippen LogP contribution in [0.25, 0.3) is 15.9 Å². The van der Waals surface area contributed by atoms with Gasteiger partial charge in [-0.2, -0.15) is 4.98 Å². The number of rotatable bonds is 2. The summed E-state index contributed by atoms with van der Waals surface area (Å²) in [4.78, 5) is 29.0. The third-order valence-electron chi connectivity index (χ3n) is 3.14. The number of halogens is 1. The van der Waals surface area contributed by atoms with E-state index in [1.807, 2.05) is 0 Å². The van der Waals surface area contributed by atoms with E-state index in [-0.39, 0.29) is 5.56 Å². The molecule has 3 rings (SSSR count). The van der Waals surface area contributed by atoms with Gasteiger partial charge in [0.25, 0.3) is 5.56 Å². The first-order valence-electron chi connectivity index (χ1n) is 6.31. The second kappa shape index (κ2) is 5.13. The van der Waals surface area contributed by atoms with Gasteiger partial charge in [-0.1, -0.05) is 22.9 Å². The highest BCUT2D eigenvalue weighted by Crippen LogP contribution is 2.26. The third kappa shape index (κ3) is 2.20. The van der Waals surface area contributed by atoms with Crippen molar-refractivity contribution in [3.63, 3.8) is 0 Å². The molecule has 2 aromatic heterocycles. The molecule has 0 saturated heterocycles. The Labute approximate surface area is 128 Å². The van der Waals surface area contributed by atoms with Crippen molar-refractivity contribution in [3.8, 4) is 0 Å². The zero-order valence-corrected chi connectivity index (χ0v) is 12.9. The molecule has 3 aromatic rings. The van der Waals surface area contributed by atoms with E-state index in [0.717, 1.165) is 11.3 Å². The topological polar surface area (TPSA) is 60.7 Å². The predicted molar refractivity (Wildman–Crippen MR) is 82.5 cm³/mol. The monoisotopic (exact) mass is 322 g/mol. The minimum Gasteiger partial charge on any atom is -0.462 e. The van der Waals surface area contributed by atoms with E-state index in [9.17, 15) is 9.59 Å². The predicted octanol–water partition coefficient (Wildman–Crippen LogP) is 3.05. The largest absolute Gasteiger partial charge is 0.462 e. The number of hydrogen-bond acceptors (Lipinski definition) is 5. The van der Waals surface area contributed by atoms with Crippen LogP contribution in [0.2, 0.25) is 5.02 Å². The van der Waals surface area contributed by atoms with Gasteiger partial charge in [0.2, 0.25) is 0 Å². The molecule has 0 atom stereocenters. The normalized spacial score (nSPS) is 11.2. The Balaban J connectivity index is 2.40. The van der Waals surface area contributed by atoms with Crippen LogP contribution in [0.1, 0.15) is 22.3 Å². The van der Waals surface area contributed by atoms with Crippen LogP contribution in [-0.2, 0) is 4.74 Å². The van der Waals surface area contributed by atoms with Gasteiger partial charge in [0, 0.05) is 10.7 Å². The summed E-state index contributed by atoms with van der Waals surface area (Å²) in [5.41, 5.74) is 1.02. The lowest BCUT2D eigenvalue weighted by Gasteiger charge is -2.04. The lowest BCUT2D eigenvalue weighted by molar-refractivity contribution is 0.0531. The maximum absolute atomic E-state index is 12.1. The molecule has 0 aliphatic rings. The zero-order valence-electron chi connectivity index (χ0n) is 11.3. The van der Waals surface area contributed by atoms with Gasteiger partial charge in [-0.05, 0) is 32.0 Å². The summed E-state index contributed by atoms with van der Waals surface area (Å²) in [5, 5.41) is 0.899. The number of aromatic nitrogens is 2. The molecule has 0 bridgehead atoms. The van der Waals surface area contributed by atoms with Crippen molar-refractivity contribution in [3.05, 3.63) is 44.1 Å². The Hall–Kier alpha value is -1.92. The Morgan fingerprint density at radius 2 is 2.24 bits per heavy atom. The molecular formula is C14H11ClN2O3S. The fourth-order valence-corrected chi connectivity index (χ4v) is 3.41. The summed E-state index contributed by atoms with van der Waals surface area (Å²) in [6, 6.07) is 5.04. The van der Waals surface area contributed by atoms with Crippen molar-refractivity contribution in [2.45, 2.75) is 13.8 Å². The Bertz CT molecular complexity index is 929. The molecule has 108 valence electrons. The molecule has 7 heteroatoms. The smallest absolute Gasteiger partial charge is 0.350 e. The number of ether oxygens (including phenoxy) is 1. The number of hydrogen-bond donors (Lipinski definition) is 0. The Morgan fingerprint density at radius 3 is 2.95 bits per heavy atom. The third-order valence-corrected chi connectivity index (χ3v) is 4.49. The van der Waals surface area contributed by atoms with E-state index in [0.29, 0.717) is 38.1 Å². The standard InChI is InChI=1S/C14H11ClN2O3S/c1-3-20-13(19)11-7(2)17-10-5-4-8(15)6-9(10)12(18)16-14(17)21-11/h4-6H,3H2,1-2H3. The number of benzene rings is 1. The van der Waals surface area contributed by atoms with E-state index in [2.05, 4.69) is 4.98 Å². The molecule has 1 aromatic carbocycles. The van der Waals surface area contributed by atoms with Crippen LogP contribution < -0.4 is 5.56 Å². The molecule has 0 amide bonds. The summed E-state index contributed by atoms with van der Waals surface area (Å²) in [6.45, 7) is 3.85. The number of carbonyl (C=O) groups is 1. The molecule has 0 fully saturated rings. The molecule has 0 aliphatic carbocycles. The molecule has 0 radical (unpaired) electrons. The quantitative estimate of drug-likeness (QED) is 0.680. The fourth-order valence-electron chi connectivity index (χ4n) is 2.22. The highest BCUT2D eigenvalue weighted by Gasteiger charge is 2.19. The van der Waals surface area contributed by atoms with Crippen LogP contribution >= 0.6 is 22.9 Å². The minimum absolute atomic E-state index is 0.299. The van der Waals surface area contributed by atoms with E-state index in [4.69, 9.17) is 16.3 Å². The van der Waals surface area contributed by atoms with E-state index in [1.54, 1.807) is 36.4 Å². The molecule has 0 unspecified atom stereocenters. The van der Waals surface area contributed by atoms with Crippen LogP contribution in [0.3, 0.4) is 0 Å². The second-order valence-corrected chi connectivity index (χ2v) is 5.85. The van der Waals surface area contributed by atoms with Gasteiger partial charge in [-0.25, -0.2) is 4.79 Å². The van der Waals surface area contributed by atoms with E-state index in [1.165, 1.54) is 0 Å². The summed E-state index contributed by atoms with van der Waals surface area (Å²) in [7, 11) is 0. The van der Waals surface area contributed by atoms with Gasteiger partial charge >= 0.3 is 5.97 Å². The summed E-state index contributed by atoms with van der Waals surface area (Å²) in [6.07, 6.45) is 0. The molecule has 0 aliphatic heterocycles. The average Bonchev–Trinajstić information content (AvgIpc) is 2.77. The first-order valence-corrected chi connectivity index (χ1v) is 7.51. The molecule has 5 nitrogen and oxygen atoms in total. The van der Waals surface area contributed by atoms with Crippen LogP contribution in [-0.4, -0.2) is 22.0 Å². The van der Waals surface area contributed by atoms with Gasteiger partial charge < -0.3 is 4.74 Å². The summed E-state index contributed by atoms with van der Waals surface area (Å²) in [5.74, 6) is -0.403. The maximum Gasteiger partial charge on any atom is 0.350 e. The number of fused-ring (bicyclic) bond motifs is 3. The Morgan fingerprint density at radius 1 is 1.48 bits per heavy atom. The molecule has 0 saturated carbocycles. The van der Waals surface area contributed by atoms with Crippen molar-refractivity contribution < 1.29 is 9.53 Å². The lowest BCUT2D eigenvalue weighted by Crippen LogP contribution is -2.10. The zero-order chi connectivity index (χ0) is 15.1. The molecule has 0 N–H and O–H groups in total. The minimum atomic E-state index is -0.403. The number of esters is 1. The van der Waals surface area contributed by atoms with Crippen molar-refractivity contribution >= 4 is 44.8 Å². The van der Waals surface area contributed by atoms with Crippen molar-refractivity contribution in [2.24, 2.45) is 0 Å². The first-order chi connectivity index (χ1) is 10.0. The van der Waals surface area contributed by atoms with Gasteiger partial charge in [-0.15, -0.1) is 0 Å². The van der Waals surface area contributed by atoms with Crippen molar-refractivity contribution in [2.75, 3.05) is 6.61 Å². The van der Waals surface area contributed by atoms with Crippen molar-refractivity contribution in [1.29, 1.82) is 0 Å². The highest BCUT2D eigenvalue weighted by atomic mass is 35.5. The fraction of sp³-hybridized carbons (Fsp3) is 0.214. The first kappa shape index (κ1) is 14.0. The number of aryl methyl sites for hydroxylation is 1. The Kier molecular flexibility index (Phi) is 3.43. The van der Waals surface area contributed by atoms with Crippen LogP contribution in [0.4, 0.5) is 0 Å². The average molecular weight is 323 g/mol. The summed E-state index contributed by atoms with van der Waals surface area (Å²) >= 11 is 7.08. The number of thiazole rings is 1. The number of nitrogens with zero attached hydrogens (tertiary/aromatic N) is 2. The van der Waals surface area contributed by atoms with Crippen LogP contribution in [0.5, 0.6) is 0 Å². The number of carbonyl (C=O) groups excluding carboxylic acids is 1. The molecule has 2 heterocycles. The van der Waals surface area contributed by atoms with E-state index >= 15 is 0 Å². The summed E-state index contributed by atoms with van der Waals surface area (Å²) < 4.78 is 6.81. The van der Waals surface area contributed by atoms with Gasteiger partial charge in [-0.3, -0.25) is 9.20 Å². The van der Waals surface area contributed by atoms with Gasteiger partial charge in [0.1, 0.15) is 4.88 Å². The highest BCUT2D eigenvalue weighted by molar-refractivity contribution is 7.19. The molecule has 21 heavy (non-hydrogen) atoms. The maximum atomic E-state index is 12.1.